The summed E-state index contributed by atoms with van der Waals surface area (Å²) in [5.41, 5.74) is 3.62. The van der Waals surface area contributed by atoms with Gasteiger partial charge in [-0.2, -0.15) is 5.10 Å². The predicted molar refractivity (Wildman–Crippen MR) is 102 cm³/mol. The first-order valence-electron chi connectivity index (χ1n) is 8.51. The number of carbonyl (C=O) groups is 1. The van der Waals surface area contributed by atoms with Gasteiger partial charge in [0.2, 0.25) is 15.9 Å². The van der Waals surface area contributed by atoms with Crippen molar-refractivity contribution in [2.45, 2.75) is 37.5 Å². The van der Waals surface area contributed by atoms with E-state index in [0.717, 1.165) is 24.1 Å². The Bertz CT molecular complexity index is 933. The van der Waals surface area contributed by atoms with Gasteiger partial charge in [0, 0.05) is 12.8 Å². The summed E-state index contributed by atoms with van der Waals surface area (Å²) in [7, 11) is -3.77. The molecule has 2 aromatic carbocycles. The average Bonchev–Trinajstić information content (AvgIpc) is 2.63. The highest BCUT2D eigenvalue weighted by atomic mass is 32.2. The van der Waals surface area contributed by atoms with Crippen LogP contribution >= 0.6 is 0 Å². The molecule has 1 heterocycles. The largest absolute Gasteiger partial charge is 0.273 e. The van der Waals surface area contributed by atoms with E-state index in [4.69, 9.17) is 5.14 Å². The van der Waals surface area contributed by atoms with Crippen LogP contribution in [0.5, 0.6) is 0 Å². The lowest BCUT2D eigenvalue weighted by Crippen LogP contribution is -2.31. The van der Waals surface area contributed by atoms with Gasteiger partial charge < -0.3 is 0 Å². The summed E-state index contributed by atoms with van der Waals surface area (Å²) in [6.07, 6.45) is 3.06. The van der Waals surface area contributed by atoms with E-state index in [0.29, 0.717) is 18.5 Å². The molecule has 0 bridgehead atoms. The normalized spacial score (nSPS) is 15.1. The number of nitrogens with two attached hydrogens (primary N) is 1. The molecule has 0 saturated heterocycles. The minimum atomic E-state index is -3.77. The van der Waals surface area contributed by atoms with Gasteiger partial charge in [-0.3, -0.25) is 4.79 Å². The van der Waals surface area contributed by atoms with E-state index in [1.165, 1.54) is 34.8 Å². The molecule has 26 heavy (non-hydrogen) atoms. The minimum Gasteiger partial charge on any atom is -0.273 e. The lowest BCUT2D eigenvalue weighted by molar-refractivity contribution is -0.118. The van der Waals surface area contributed by atoms with Crippen LogP contribution < -0.4 is 10.1 Å². The zero-order valence-corrected chi connectivity index (χ0v) is 15.4. The number of hydrogen-bond acceptors (Lipinski definition) is 4. The number of hydrazone groups is 1. The van der Waals surface area contributed by atoms with Gasteiger partial charge in [0.1, 0.15) is 0 Å². The predicted octanol–water partition coefficient (Wildman–Crippen LogP) is 2.82. The van der Waals surface area contributed by atoms with E-state index >= 15 is 0 Å². The Morgan fingerprint density at radius 2 is 1.69 bits per heavy atom. The van der Waals surface area contributed by atoms with Crippen LogP contribution in [0.25, 0.3) is 0 Å². The molecule has 0 unspecified atom stereocenters. The fraction of sp³-hybridized carbons (Fsp3) is 0.263. The number of rotatable bonds is 5. The fourth-order valence-corrected chi connectivity index (χ4v) is 3.41. The maximum Gasteiger partial charge on any atom is 0.247 e. The Labute approximate surface area is 153 Å². The molecule has 2 aromatic rings. The first-order valence-corrected chi connectivity index (χ1v) is 10.1. The second-order valence-corrected chi connectivity index (χ2v) is 7.80. The van der Waals surface area contributed by atoms with E-state index in [2.05, 4.69) is 24.2 Å². The number of primary sulfonamides is 1. The van der Waals surface area contributed by atoms with Gasteiger partial charge in [-0.25, -0.2) is 18.6 Å². The molecule has 1 amide bonds. The van der Waals surface area contributed by atoms with Crippen molar-refractivity contribution in [3.05, 3.63) is 59.7 Å². The lowest BCUT2D eigenvalue weighted by Gasteiger charge is -2.24. The molecule has 6 nitrogen and oxygen atoms in total. The number of benzene rings is 2. The summed E-state index contributed by atoms with van der Waals surface area (Å²) >= 11 is 0. The third-order valence-electron chi connectivity index (χ3n) is 4.27. The Morgan fingerprint density at radius 1 is 1.04 bits per heavy atom. The molecule has 1 aliphatic rings. The molecule has 0 spiro atoms. The van der Waals surface area contributed by atoms with Crippen LogP contribution in [0.15, 0.2) is 58.5 Å². The summed E-state index contributed by atoms with van der Waals surface area (Å²) in [5.74, 6) is -0.125. The molecule has 7 heteroatoms. The van der Waals surface area contributed by atoms with Gasteiger partial charge in [0.25, 0.3) is 0 Å². The van der Waals surface area contributed by atoms with Crippen LogP contribution in [0.2, 0.25) is 0 Å². The van der Waals surface area contributed by atoms with Crippen molar-refractivity contribution in [3.63, 3.8) is 0 Å². The molecule has 2 N–H and O–H groups in total. The Balaban J connectivity index is 1.89. The lowest BCUT2D eigenvalue weighted by atomic mass is 10.0. The molecule has 1 aliphatic heterocycles. The highest BCUT2D eigenvalue weighted by molar-refractivity contribution is 7.89. The second-order valence-electron chi connectivity index (χ2n) is 6.24. The molecule has 0 atom stereocenters. The number of anilines is 1. The smallest absolute Gasteiger partial charge is 0.247 e. The molecule has 0 fully saturated rings. The maximum absolute atomic E-state index is 12.3. The van der Waals surface area contributed by atoms with Crippen LogP contribution in [0, 0.1) is 0 Å². The van der Waals surface area contributed by atoms with Crippen LogP contribution in [-0.2, 0) is 21.2 Å². The number of nitrogens with zero attached hydrogens (tertiary/aromatic N) is 2. The fourth-order valence-electron chi connectivity index (χ4n) is 2.89. The topological polar surface area (TPSA) is 92.8 Å². The van der Waals surface area contributed by atoms with Gasteiger partial charge in [-0.1, -0.05) is 37.6 Å². The summed E-state index contributed by atoms with van der Waals surface area (Å²) < 4.78 is 22.7. The zero-order chi connectivity index (χ0) is 18.7. The van der Waals surface area contributed by atoms with Gasteiger partial charge in [-0.15, -0.1) is 0 Å². The van der Waals surface area contributed by atoms with Gasteiger partial charge in [0.05, 0.1) is 16.3 Å². The van der Waals surface area contributed by atoms with Crippen molar-refractivity contribution in [2.75, 3.05) is 5.01 Å². The van der Waals surface area contributed by atoms with E-state index in [-0.39, 0.29) is 10.8 Å². The molecular formula is C19H21N3O3S. The molecule has 3 rings (SSSR count). The summed E-state index contributed by atoms with van der Waals surface area (Å²) in [5, 5.41) is 10.9. The van der Waals surface area contributed by atoms with Crippen molar-refractivity contribution in [3.8, 4) is 0 Å². The summed E-state index contributed by atoms with van der Waals surface area (Å²) in [6, 6.07) is 14.1. The highest BCUT2D eigenvalue weighted by Crippen LogP contribution is 2.24. The summed E-state index contributed by atoms with van der Waals surface area (Å²) in [6.45, 7) is 2.14. The number of aryl methyl sites for hydroxylation is 1. The van der Waals surface area contributed by atoms with Gasteiger partial charge >= 0.3 is 0 Å². The van der Waals surface area contributed by atoms with E-state index in [9.17, 15) is 13.2 Å². The average molecular weight is 371 g/mol. The van der Waals surface area contributed by atoms with Crippen molar-refractivity contribution in [1.29, 1.82) is 0 Å². The highest BCUT2D eigenvalue weighted by Gasteiger charge is 2.23. The van der Waals surface area contributed by atoms with Crippen molar-refractivity contribution in [1.82, 2.24) is 0 Å². The van der Waals surface area contributed by atoms with Crippen LogP contribution in [-0.4, -0.2) is 20.0 Å². The molecule has 0 radical (unpaired) electrons. The quantitative estimate of drug-likeness (QED) is 0.876. The van der Waals surface area contributed by atoms with E-state index < -0.39 is 10.0 Å². The monoisotopic (exact) mass is 371 g/mol. The van der Waals surface area contributed by atoms with Crippen molar-refractivity contribution >= 4 is 27.3 Å². The number of hydrogen-bond donors (Lipinski definition) is 1. The van der Waals surface area contributed by atoms with Crippen molar-refractivity contribution in [2.24, 2.45) is 10.2 Å². The molecule has 0 aliphatic carbocycles. The standard InChI is InChI=1S/C19H21N3O3S/c1-2-3-14-4-6-15(7-5-14)18-12-13-19(23)22(21-18)16-8-10-17(11-9-16)26(20,24)25/h4-11H,2-3,12-13H2,1H3,(H2,20,24,25). The first-order chi connectivity index (χ1) is 12.4. The zero-order valence-electron chi connectivity index (χ0n) is 14.6. The van der Waals surface area contributed by atoms with Crippen LogP contribution in [0.1, 0.15) is 37.3 Å². The van der Waals surface area contributed by atoms with Crippen LogP contribution in [0.3, 0.4) is 0 Å². The van der Waals surface area contributed by atoms with Crippen molar-refractivity contribution < 1.29 is 13.2 Å². The Hall–Kier alpha value is -2.51. The van der Waals surface area contributed by atoms with Crippen LogP contribution in [0.4, 0.5) is 5.69 Å². The molecule has 0 saturated carbocycles. The first kappa shape index (κ1) is 18.3. The van der Waals surface area contributed by atoms with Gasteiger partial charge in [0.15, 0.2) is 0 Å². The molecule has 136 valence electrons. The second kappa shape index (κ2) is 7.39. The van der Waals surface area contributed by atoms with Gasteiger partial charge in [-0.05, 0) is 41.8 Å². The third-order valence-corrected chi connectivity index (χ3v) is 5.20. The Kier molecular flexibility index (Phi) is 5.20. The number of sulfonamides is 1. The maximum atomic E-state index is 12.3. The Morgan fingerprint density at radius 3 is 2.27 bits per heavy atom. The minimum absolute atomic E-state index is 0.00132. The van der Waals surface area contributed by atoms with E-state index in [1.807, 2.05) is 12.1 Å². The number of amides is 1. The molecular weight excluding hydrogens is 350 g/mol. The SMILES string of the molecule is CCCc1ccc(C2=NN(c3ccc(S(N)(=O)=O)cc3)C(=O)CC2)cc1. The number of carbonyl (C=O) groups excluding carboxylic acids is 1. The summed E-state index contributed by atoms with van der Waals surface area (Å²) in [4.78, 5) is 12.3. The third kappa shape index (κ3) is 4.00. The van der Waals surface area contributed by atoms with E-state index in [1.54, 1.807) is 0 Å². The molecule has 0 aromatic heterocycles.